The highest BCUT2D eigenvalue weighted by Crippen LogP contribution is 2.21. The van der Waals surface area contributed by atoms with Gasteiger partial charge in [0.2, 0.25) is 0 Å². The summed E-state index contributed by atoms with van der Waals surface area (Å²) in [4.78, 5) is 14.0. The summed E-state index contributed by atoms with van der Waals surface area (Å²) in [7, 11) is 1.89. The summed E-state index contributed by atoms with van der Waals surface area (Å²) >= 11 is 0. The first-order valence-corrected chi connectivity index (χ1v) is 7.02. The Morgan fingerprint density at radius 1 is 1.37 bits per heavy atom. The number of aromatic nitrogens is 1. The summed E-state index contributed by atoms with van der Waals surface area (Å²) in [6, 6.07) is 0.380. The van der Waals surface area contributed by atoms with E-state index in [0.29, 0.717) is 12.6 Å². The third-order valence-electron chi connectivity index (χ3n) is 4.04. The molecule has 2 rings (SSSR count). The second-order valence-corrected chi connectivity index (χ2v) is 5.36. The maximum absolute atomic E-state index is 12.1. The van der Waals surface area contributed by atoms with Crippen LogP contribution in [0.3, 0.4) is 0 Å². The zero-order valence-corrected chi connectivity index (χ0v) is 12.0. The van der Waals surface area contributed by atoms with Crippen LogP contribution in [0.2, 0.25) is 0 Å². The van der Waals surface area contributed by atoms with E-state index >= 15 is 0 Å². The van der Waals surface area contributed by atoms with Crippen LogP contribution >= 0.6 is 0 Å². The van der Waals surface area contributed by atoms with Crippen molar-refractivity contribution >= 4 is 6.03 Å². The molecular formula is C14H23N3O2. The molecule has 1 fully saturated rings. The lowest BCUT2D eigenvalue weighted by molar-refractivity contribution is 0.173. The fraction of sp³-hybridized carbons (Fsp3) is 0.714. The lowest BCUT2D eigenvalue weighted by Crippen LogP contribution is -2.44. The van der Waals surface area contributed by atoms with Gasteiger partial charge in [-0.05, 0) is 26.7 Å². The minimum Gasteiger partial charge on any atom is -0.361 e. The molecule has 0 radical (unpaired) electrons. The van der Waals surface area contributed by atoms with Crippen LogP contribution in [0, 0.1) is 13.8 Å². The number of aryl methyl sites for hydroxylation is 2. The average Bonchev–Trinajstić information content (AvgIpc) is 2.75. The monoisotopic (exact) mass is 265 g/mol. The van der Waals surface area contributed by atoms with E-state index in [-0.39, 0.29) is 6.03 Å². The minimum absolute atomic E-state index is 0.00750. The average molecular weight is 265 g/mol. The summed E-state index contributed by atoms with van der Waals surface area (Å²) in [6.07, 6.45) is 5.99. The van der Waals surface area contributed by atoms with Crippen LogP contribution in [0.5, 0.6) is 0 Å². The van der Waals surface area contributed by atoms with E-state index in [1.165, 1.54) is 19.3 Å². The van der Waals surface area contributed by atoms with Crippen LogP contribution in [-0.4, -0.2) is 29.2 Å². The summed E-state index contributed by atoms with van der Waals surface area (Å²) in [5, 5.41) is 6.84. The molecule has 5 nitrogen and oxygen atoms in total. The first-order chi connectivity index (χ1) is 9.09. The maximum Gasteiger partial charge on any atom is 0.317 e. The molecule has 0 spiro atoms. The van der Waals surface area contributed by atoms with Crippen LogP contribution in [0.4, 0.5) is 4.79 Å². The molecule has 0 unspecified atom stereocenters. The van der Waals surface area contributed by atoms with E-state index in [1.54, 1.807) is 0 Å². The van der Waals surface area contributed by atoms with Gasteiger partial charge in [-0.25, -0.2) is 4.79 Å². The molecule has 0 aliphatic heterocycles. The number of carbonyl (C=O) groups excluding carboxylic acids is 1. The highest BCUT2D eigenvalue weighted by Gasteiger charge is 2.22. The summed E-state index contributed by atoms with van der Waals surface area (Å²) in [5.41, 5.74) is 1.82. The standard InChI is InChI=1S/C14H23N3O2/c1-10-13(11(2)19-16-10)9-15-14(18)17(3)12-7-5-4-6-8-12/h12H,4-9H2,1-3H3,(H,15,18). The third kappa shape index (κ3) is 3.28. The van der Waals surface area contributed by atoms with Crippen LogP contribution in [0.25, 0.3) is 0 Å². The second-order valence-electron chi connectivity index (χ2n) is 5.36. The van der Waals surface area contributed by atoms with E-state index in [0.717, 1.165) is 29.9 Å². The molecular weight excluding hydrogens is 242 g/mol. The molecule has 1 aliphatic rings. The van der Waals surface area contributed by atoms with Crippen LogP contribution in [0.1, 0.15) is 49.1 Å². The first-order valence-electron chi connectivity index (χ1n) is 7.02. The van der Waals surface area contributed by atoms with Crippen molar-refractivity contribution in [1.29, 1.82) is 0 Å². The smallest absolute Gasteiger partial charge is 0.317 e. The van der Waals surface area contributed by atoms with Crippen molar-refractivity contribution < 1.29 is 9.32 Å². The Balaban J connectivity index is 1.87. The number of nitrogens with zero attached hydrogens (tertiary/aromatic N) is 2. The normalized spacial score (nSPS) is 16.4. The largest absolute Gasteiger partial charge is 0.361 e. The Morgan fingerprint density at radius 3 is 2.63 bits per heavy atom. The SMILES string of the molecule is Cc1noc(C)c1CNC(=O)N(C)C1CCCCC1. The molecule has 0 aromatic carbocycles. The highest BCUT2D eigenvalue weighted by atomic mass is 16.5. The zero-order valence-electron chi connectivity index (χ0n) is 12.0. The Morgan fingerprint density at radius 2 is 2.05 bits per heavy atom. The van der Waals surface area contributed by atoms with Gasteiger partial charge >= 0.3 is 6.03 Å². The van der Waals surface area contributed by atoms with Crippen molar-refractivity contribution in [2.24, 2.45) is 0 Å². The van der Waals surface area contributed by atoms with Crippen molar-refractivity contribution in [3.8, 4) is 0 Å². The molecule has 5 heteroatoms. The molecule has 0 saturated heterocycles. The minimum atomic E-state index is -0.00750. The third-order valence-corrected chi connectivity index (χ3v) is 4.04. The van der Waals surface area contributed by atoms with Gasteiger partial charge in [-0.2, -0.15) is 0 Å². The predicted octanol–water partition coefficient (Wildman–Crippen LogP) is 2.77. The van der Waals surface area contributed by atoms with Crippen molar-refractivity contribution in [3.05, 3.63) is 17.0 Å². The Labute approximate surface area is 114 Å². The van der Waals surface area contributed by atoms with Gasteiger partial charge in [-0.1, -0.05) is 24.4 Å². The predicted molar refractivity (Wildman–Crippen MR) is 72.8 cm³/mol. The zero-order chi connectivity index (χ0) is 13.8. The van der Waals surface area contributed by atoms with Crippen molar-refractivity contribution in [3.63, 3.8) is 0 Å². The lowest BCUT2D eigenvalue weighted by atomic mass is 9.95. The molecule has 0 bridgehead atoms. The van der Waals surface area contributed by atoms with Gasteiger partial charge in [0.25, 0.3) is 0 Å². The van der Waals surface area contributed by atoms with Crippen LogP contribution in [0.15, 0.2) is 4.52 Å². The van der Waals surface area contributed by atoms with E-state index in [4.69, 9.17) is 4.52 Å². The first kappa shape index (κ1) is 13.9. The topological polar surface area (TPSA) is 58.4 Å². The number of hydrogen-bond acceptors (Lipinski definition) is 3. The molecule has 1 heterocycles. The number of amides is 2. The number of urea groups is 1. The van der Waals surface area contributed by atoms with Gasteiger partial charge in [0, 0.05) is 25.2 Å². The maximum atomic E-state index is 12.1. The summed E-state index contributed by atoms with van der Waals surface area (Å²) in [5.74, 6) is 0.776. The summed E-state index contributed by atoms with van der Waals surface area (Å²) < 4.78 is 5.09. The lowest BCUT2D eigenvalue weighted by Gasteiger charge is -2.31. The van der Waals surface area contributed by atoms with Crippen molar-refractivity contribution in [2.45, 2.75) is 58.5 Å². The van der Waals surface area contributed by atoms with E-state index < -0.39 is 0 Å². The van der Waals surface area contributed by atoms with E-state index in [1.807, 2.05) is 25.8 Å². The van der Waals surface area contributed by atoms with E-state index in [9.17, 15) is 4.79 Å². The van der Waals surface area contributed by atoms with Gasteiger partial charge in [0.1, 0.15) is 5.76 Å². The number of carbonyl (C=O) groups is 1. The molecule has 2 amide bonds. The Kier molecular flexibility index (Phi) is 4.45. The quantitative estimate of drug-likeness (QED) is 0.914. The molecule has 19 heavy (non-hydrogen) atoms. The number of rotatable bonds is 3. The molecule has 1 aromatic rings. The van der Waals surface area contributed by atoms with Crippen molar-refractivity contribution in [2.75, 3.05) is 7.05 Å². The molecule has 106 valence electrons. The molecule has 1 aliphatic carbocycles. The summed E-state index contributed by atoms with van der Waals surface area (Å²) in [6.45, 7) is 4.24. The second kappa shape index (κ2) is 6.08. The van der Waals surface area contributed by atoms with Crippen molar-refractivity contribution in [1.82, 2.24) is 15.4 Å². The van der Waals surface area contributed by atoms with Crippen LogP contribution < -0.4 is 5.32 Å². The van der Waals surface area contributed by atoms with Crippen LogP contribution in [-0.2, 0) is 6.54 Å². The van der Waals surface area contributed by atoms with Gasteiger partial charge in [0.15, 0.2) is 0 Å². The number of nitrogens with one attached hydrogen (secondary N) is 1. The van der Waals surface area contributed by atoms with Gasteiger partial charge in [-0.3, -0.25) is 0 Å². The fourth-order valence-electron chi connectivity index (χ4n) is 2.68. The molecule has 1 saturated carbocycles. The Bertz CT molecular complexity index is 416. The fourth-order valence-corrected chi connectivity index (χ4v) is 2.68. The molecule has 0 atom stereocenters. The highest BCUT2D eigenvalue weighted by molar-refractivity contribution is 5.74. The van der Waals surface area contributed by atoms with Gasteiger partial charge < -0.3 is 14.7 Å². The number of hydrogen-bond donors (Lipinski definition) is 1. The van der Waals surface area contributed by atoms with Gasteiger partial charge in [-0.15, -0.1) is 0 Å². The van der Waals surface area contributed by atoms with E-state index in [2.05, 4.69) is 10.5 Å². The van der Waals surface area contributed by atoms with Gasteiger partial charge in [0.05, 0.1) is 5.69 Å². The Hall–Kier alpha value is -1.52. The molecule has 1 aromatic heterocycles. The molecule has 1 N–H and O–H groups in total.